The van der Waals surface area contributed by atoms with E-state index in [1.54, 1.807) is 0 Å². The van der Waals surface area contributed by atoms with Crippen molar-refractivity contribution in [1.29, 1.82) is 0 Å². The molecular formula is C15H16ClF2NO4. The Morgan fingerprint density at radius 2 is 2.00 bits per heavy atom. The van der Waals surface area contributed by atoms with Gasteiger partial charge >= 0.3 is 5.97 Å². The SMILES string of the molecule is O=C(NCC(C(=O)O)C1CCOCC1)c1ccc(F)c(Cl)c1F. The van der Waals surface area contributed by atoms with Gasteiger partial charge in [0.1, 0.15) is 10.8 Å². The van der Waals surface area contributed by atoms with E-state index in [-0.39, 0.29) is 12.5 Å². The Hall–Kier alpha value is -1.73. The van der Waals surface area contributed by atoms with Crippen molar-refractivity contribution < 1.29 is 28.2 Å². The zero-order chi connectivity index (χ0) is 17.0. The summed E-state index contributed by atoms with van der Waals surface area (Å²) in [6.45, 7) is 0.808. The number of nitrogens with one attached hydrogen (secondary N) is 1. The monoisotopic (exact) mass is 347 g/mol. The number of aliphatic carboxylic acids is 1. The Bertz CT molecular complexity index is 605. The number of hydrogen-bond donors (Lipinski definition) is 2. The van der Waals surface area contributed by atoms with Gasteiger partial charge in [0.05, 0.1) is 11.5 Å². The van der Waals surface area contributed by atoms with Crippen LogP contribution in [0.15, 0.2) is 12.1 Å². The van der Waals surface area contributed by atoms with Gasteiger partial charge in [-0.05, 0) is 30.9 Å². The maximum absolute atomic E-state index is 13.8. The van der Waals surface area contributed by atoms with E-state index in [4.69, 9.17) is 16.3 Å². The third kappa shape index (κ3) is 4.17. The van der Waals surface area contributed by atoms with Crippen LogP contribution in [0.4, 0.5) is 8.78 Å². The van der Waals surface area contributed by atoms with Gasteiger partial charge < -0.3 is 15.2 Å². The largest absolute Gasteiger partial charge is 0.481 e. The van der Waals surface area contributed by atoms with Crippen molar-refractivity contribution >= 4 is 23.5 Å². The summed E-state index contributed by atoms with van der Waals surface area (Å²) in [5, 5.41) is 10.9. The molecule has 1 aliphatic rings. The van der Waals surface area contributed by atoms with Gasteiger partial charge in [0, 0.05) is 19.8 Å². The molecule has 0 spiro atoms. The summed E-state index contributed by atoms with van der Waals surface area (Å²) in [4.78, 5) is 23.4. The predicted molar refractivity (Wildman–Crippen MR) is 78.4 cm³/mol. The lowest BCUT2D eigenvalue weighted by molar-refractivity contribution is -0.144. The van der Waals surface area contributed by atoms with Gasteiger partial charge in [0.15, 0.2) is 5.82 Å². The summed E-state index contributed by atoms with van der Waals surface area (Å²) in [6.07, 6.45) is 1.17. The molecule has 1 unspecified atom stereocenters. The molecule has 126 valence electrons. The number of rotatable bonds is 5. The van der Waals surface area contributed by atoms with Gasteiger partial charge in [-0.2, -0.15) is 0 Å². The molecule has 1 saturated heterocycles. The number of ether oxygens (including phenoxy) is 1. The molecule has 1 heterocycles. The van der Waals surface area contributed by atoms with E-state index in [0.717, 1.165) is 12.1 Å². The fourth-order valence-electron chi connectivity index (χ4n) is 2.57. The normalized spacial score (nSPS) is 16.8. The molecule has 0 aromatic heterocycles. The number of carboxylic acids is 1. The highest BCUT2D eigenvalue weighted by Crippen LogP contribution is 2.25. The van der Waals surface area contributed by atoms with Crippen LogP contribution >= 0.6 is 11.6 Å². The lowest BCUT2D eigenvalue weighted by Gasteiger charge is -2.27. The average molecular weight is 348 g/mol. The molecule has 2 N–H and O–H groups in total. The minimum atomic E-state index is -1.16. The fourth-order valence-corrected chi connectivity index (χ4v) is 2.74. The van der Waals surface area contributed by atoms with Gasteiger partial charge in [-0.25, -0.2) is 8.78 Å². The molecule has 1 fully saturated rings. The zero-order valence-electron chi connectivity index (χ0n) is 12.2. The van der Waals surface area contributed by atoms with Crippen molar-refractivity contribution in [2.45, 2.75) is 12.8 Å². The summed E-state index contributed by atoms with van der Waals surface area (Å²) in [7, 11) is 0. The first-order chi connectivity index (χ1) is 10.9. The van der Waals surface area contributed by atoms with Crippen LogP contribution in [0.3, 0.4) is 0 Å². The molecule has 8 heteroatoms. The van der Waals surface area contributed by atoms with Crippen LogP contribution in [-0.2, 0) is 9.53 Å². The van der Waals surface area contributed by atoms with Crippen LogP contribution in [0.1, 0.15) is 23.2 Å². The Labute approximate surface area is 136 Å². The minimum Gasteiger partial charge on any atom is -0.481 e. The predicted octanol–water partition coefficient (Wildman–Crippen LogP) is 2.48. The van der Waals surface area contributed by atoms with Crippen LogP contribution in [0, 0.1) is 23.5 Å². The Morgan fingerprint density at radius 3 is 2.61 bits per heavy atom. The standard InChI is InChI=1S/C15H16ClF2NO4/c16-12-11(17)2-1-9(13(12)18)14(20)19-7-10(15(21)22)8-3-5-23-6-4-8/h1-2,8,10H,3-7H2,(H,19,20)(H,21,22). The molecule has 0 saturated carbocycles. The van der Waals surface area contributed by atoms with Gasteiger partial charge in [0.25, 0.3) is 5.91 Å². The second kappa shape index (κ2) is 7.70. The summed E-state index contributed by atoms with van der Waals surface area (Å²) in [6, 6.07) is 1.85. The highest BCUT2D eigenvalue weighted by molar-refractivity contribution is 6.31. The highest BCUT2D eigenvalue weighted by Gasteiger charge is 2.30. The summed E-state index contributed by atoms with van der Waals surface area (Å²) in [5.41, 5.74) is -0.424. The first kappa shape index (κ1) is 17.6. The van der Waals surface area contributed by atoms with Crippen molar-refractivity contribution in [1.82, 2.24) is 5.32 Å². The average Bonchev–Trinajstić information content (AvgIpc) is 2.53. The lowest BCUT2D eigenvalue weighted by Crippen LogP contribution is -2.39. The Kier molecular flexibility index (Phi) is 5.90. The second-order valence-electron chi connectivity index (χ2n) is 5.33. The van der Waals surface area contributed by atoms with E-state index >= 15 is 0 Å². The maximum atomic E-state index is 13.8. The number of hydrogen-bond acceptors (Lipinski definition) is 3. The molecule has 1 amide bonds. The smallest absolute Gasteiger partial charge is 0.308 e. The van der Waals surface area contributed by atoms with E-state index in [2.05, 4.69) is 5.32 Å². The molecule has 5 nitrogen and oxygen atoms in total. The zero-order valence-corrected chi connectivity index (χ0v) is 12.9. The quantitative estimate of drug-likeness (QED) is 0.802. The van der Waals surface area contributed by atoms with Crippen LogP contribution in [-0.4, -0.2) is 36.7 Å². The molecule has 2 rings (SSSR count). The van der Waals surface area contributed by atoms with Crippen molar-refractivity contribution in [2.75, 3.05) is 19.8 Å². The highest BCUT2D eigenvalue weighted by atomic mass is 35.5. The van der Waals surface area contributed by atoms with Crippen LogP contribution in [0.5, 0.6) is 0 Å². The number of carboxylic acid groups (broad SMARTS) is 1. The number of halogens is 3. The molecule has 23 heavy (non-hydrogen) atoms. The number of amides is 1. The molecule has 0 bridgehead atoms. The molecule has 0 radical (unpaired) electrons. The topological polar surface area (TPSA) is 75.6 Å². The summed E-state index contributed by atoms with van der Waals surface area (Å²) < 4.78 is 32.1. The van der Waals surface area contributed by atoms with Crippen molar-refractivity contribution in [2.24, 2.45) is 11.8 Å². The number of carbonyl (C=O) groups is 2. The lowest BCUT2D eigenvalue weighted by atomic mass is 9.86. The van der Waals surface area contributed by atoms with Gasteiger partial charge in [-0.15, -0.1) is 0 Å². The first-order valence-corrected chi connectivity index (χ1v) is 7.52. The maximum Gasteiger partial charge on any atom is 0.308 e. The molecule has 1 aromatic carbocycles. The summed E-state index contributed by atoms with van der Waals surface area (Å²) in [5.74, 6) is -4.91. The third-order valence-electron chi connectivity index (χ3n) is 3.91. The van der Waals surface area contributed by atoms with E-state index in [1.807, 2.05) is 0 Å². The van der Waals surface area contributed by atoms with Crippen molar-refractivity contribution in [3.8, 4) is 0 Å². The number of carbonyl (C=O) groups excluding carboxylic acids is 1. The summed E-state index contributed by atoms with van der Waals surface area (Å²) >= 11 is 5.42. The fraction of sp³-hybridized carbons (Fsp3) is 0.467. The Balaban J connectivity index is 2.04. The van der Waals surface area contributed by atoms with Crippen molar-refractivity contribution in [3.63, 3.8) is 0 Å². The van der Waals surface area contributed by atoms with Gasteiger partial charge in [-0.3, -0.25) is 9.59 Å². The third-order valence-corrected chi connectivity index (χ3v) is 4.26. The molecule has 1 atom stereocenters. The van der Waals surface area contributed by atoms with E-state index in [9.17, 15) is 23.5 Å². The van der Waals surface area contributed by atoms with E-state index in [1.165, 1.54) is 0 Å². The van der Waals surface area contributed by atoms with Crippen LogP contribution in [0.25, 0.3) is 0 Å². The van der Waals surface area contributed by atoms with Gasteiger partial charge in [0.2, 0.25) is 0 Å². The molecule has 1 aliphatic heterocycles. The van der Waals surface area contributed by atoms with Crippen LogP contribution < -0.4 is 5.32 Å². The van der Waals surface area contributed by atoms with Gasteiger partial charge in [-0.1, -0.05) is 11.6 Å². The second-order valence-corrected chi connectivity index (χ2v) is 5.71. The minimum absolute atomic E-state index is 0.122. The molecular weight excluding hydrogens is 332 g/mol. The first-order valence-electron chi connectivity index (χ1n) is 7.14. The van der Waals surface area contributed by atoms with E-state index < -0.39 is 40.0 Å². The Morgan fingerprint density at radius 1 is 1.35 bits per heavy atom. The van der Waals surface area contributed by atoms with E-state index in [0.29, 0.717) is 26.1 Å². The number of benzene rings is 1. The molecule has 0 aliphatic carbocycles. The molecule has 1 aromatic rings. The van der Waals surface area contributed by atoms with Crippen molar-refractivity contribution in [3.05, 3.63) is 34.4 Å². The van der Waals surface area contributed by atoms with Crippen LogP contribution in [0.2, 0.25) is 5.02 Å².